The number of ether oxygens (including phenoxy) is 1. The number of carbonyl (C=O) groups is 1. The number of hydrogen-bond donors (Lipinski definition) is 0. The molecule has 1 aliphatic heterocycles. The molecule has 0 spiro atoms. The van der Waals surface area contributed by atoms with Gasteiger partial charge in [-0.25, -0.2) is 4.39 Å². The molecule has 2 heterocycles. The molecule has 1 amide bonds. The molecule has 5 rings (SSSR count). The molecule has 1 aromatic heterocycles. The van der Waals surface area contributed by atoms with Crippen LogP contribution in [0.1, 0.15) is 10.4 Å². The van der Waals surface area contributed by atoms with Crippen molar-refractivity contribution in [3.63, 3.8) is 0 Å². The van der Waals surface area contributed by atoms with Gasteiger partial charge in [0, 0.05) is 11.1 Å². The van der Waals surface area contributed by atoms with Gasteiger partial charge >= 0.3 is 0 Å². The van der Waals surface area contributed by atoms with Crippen LogP contribution in [0, 0.1) is 5.82 Å². The fourth-order valence-corrected chi connectivity index (χ4v) is 3.42. The molecule has 31 heavy (non-hydrogen) atoms. The largest absolute Gasteiger partial charge is 0.487 e. The van der Waals surface area contributed by atoms with Crippen LogP contribution in [0.15, 0.2) is 83.4 Å². The van der Waals surface area contributed by atoms with Crippen LogP contribution in [0.2, 0.25) is 0 Å². The van der Waals surface area contributed by atoms with Crippen molar-refractivity contribution < 1.29 is 18.4 Å². The highest BCUT2D eigenvalue weighted by molar-refractivity contribution is 5.95. The first-order valence-electron chi connectivity index (χ1n) is 9.87. The second-order valence-corrected chi connectivity index (χ2v) is 7.25. The van der Waals surface area contributed by atoms with E-state index in [2.05, 4.69) is 10.1 Å². The summed E-state index contributed by atoms with van der Waals surface area (Å²) in [5.41, 5.74) is 1.69. The van der Waals surface area contributed by atoms with Gasteiger partial charge in [0.25, 0.3) is 11.8 Å². The SMILES string of the molecule is O=C(c1ccccc1F)N1CC(Oc2cccc(-c3nc(-c4ccccc4)no3)c2)C1. The maximum absolute atomic E-state index is 13.8. The highest BCUT2D eigenvalue weighted by atomic mass is 19.1. The van der Waals surface area contributed by atoms with E-state index >= 15 is 0 Å². The summed E-state index contributed by atoms with van der Waals surface area (Å²) in [6.45, 7) is 0.798. The van der Waals surface area contributed by atoms with Crippen LogP contribution in [-0.2, 0) is 0 Å². The highest BCUT2D eigenvalue weighted by Crippen LogP contribution is 2.27. The number of carbonyl (C=O) groups excluding carboxylic acids is 1. The van der Waals surface area contributed by atoms with Gasteiger partial charge in [0.2, 0.25) is 5.82 Å². The topological polar surface area (TPSA) is 68.5 Å². The first kappa shape index (κ1) is 19.0. The molecule has 0 unspecified atom stereocenters. The maximum Gasteiger partial charge on any atom is 0.258 e. The van der Waals surface area contributed by atoms with Gasteiger partial charge in [-0.2, -0.15) is 4.98 Å². The summed E-state index contributed by atoms with van der Waals surface area (Å²) in [6, 6.07) is 22.9. The maximum atomic E-state index is 13.8. The summed E-state index contributed by atoms with van der Waals surface area (Å²) in [5, 5.41) is 4.04. The van der Waals surface area contributed by atoms with Crippen molar-refractivity contribution in [1.82, 2.24) is 15.0 Å². The van der Waals surface area contributed by atoms with E-state index in [-0.39, 0.29) is 17.6 Å². The van der Waals surface area contributed by atoms with Crippen LogP contribution in [0.3, 0.4) is 0 Å². The lowest BCUT2D eigenvalue weighted by molar-refractivity contribution is 0.0174. The second kappa shape index (κ2) is 8.02. The monoisotopic (exact) mass is 415 g/mol. The van der Waals surface area contributed by atoms with E-state index in [1.54, 1.807) is 17.0 Å². The zero-order valence-corrected chi connectivity index (χ0v) is 16.4. The smallest absolute Gasteiger partial charge is 0.258 e. The van der Waals surface area contributed by atoms with Crippen molar-refractivity contribution in [3.8, 4) is 28.6 Å². The zero-order valence-electron chi connectivity index (χ0n) is 16.4. The average Bonchev–Trinajstić information content (AvgIpc) is 3.27. The van der Waals surface area contributed by atoms with Crippen molar-refractivity contribution in [1.29, 1.82) is 0 Å². The summed E-state index contributed by atoms with van der Waals surface area (Å²) in [6.07, 6.45) is -0.159. The Hall–Kier alpha value is -4.00. The third kappa shape index (κ3) is 3.90. The van der Waals surface area contributed by atoms with E-state index in [0.29, 0.717) is 30.6 Å². The van der Waals surface area contributed by atoms with Crippen molar-refractivity contribution in [3.05, 3.63) is 90.2 Å². The Bertz CT molecular complexity index is 1220. The van der Waals surface area contributed by atoms with Crippen LogP contribution in [0.4, 0.5) is 4.39 Å². The van der Waals surface area contributed by atoms with Crippen LogP contribution in [0.5, 0.6) is 5.75 Å². The minimum atomic E-state index is -0.515. The number of nitrogens with zero attached hydrogens (tertiary/aromatic N) is 3. The van der Waals surface area contributed by atoms with Gasteiger partial charge in [-0.1, -0.05) is 53.7 Å². The molecule has 1 fully saturated rings. The van der Waals surface area contributed by atoms with Crippen LogP contribution < -0.4 is 4.74 Å². The van der Waals surface area contributed by atoms with E-state index in [9.17, 15) is 9.18 Å². The van der Waals surface area contributed by atoms with Gasteiger partial charge < -0.3 is 14.2 Å². The number of hydrogen-bond acceptors (Lipinski definition) is 5. The average molecular weight is 415 g/mol. The van der Waals surface area contributed by atoms with Gasteiger partial charge in [0.1, 0.15) is 17.7 Å². The standard InChI is InChI=1S/C24H18FN3O3/c25-21-12-5-4-11-20(21)24(29)28-14-19(15-28)30-18-10-6-9-17(13-18)23-26-22(27-31-23)16-7-2-1-3-8-16/h1-13,19H,14-15H2. The van der Waals surface area contributed by atoms with Crippen molar-refractivity contribution in [2.45, 2.75) is 6.10 Å². The highest BCUT2D eigenvalue weighted by Gasteiger charge is 2.33. The molecule has 7 heteroatoms. The van der Waals surface area contributed by atoms with Crippen LogP contribution in [-0.4, -0.2) is 40.1 Å². The summed E-state index contributed by atoms with van der Waals surface area (Å²) < 4.78 is 25.2. The van der Waals surface area contributed by atoms with Gasteiger partial charge in [-0.05, 0) is 30.3 Å². The predicted octanol–water partition coefficient (Wildman–Crippen LogP) is 4.45. The Morgan fingerprint density at radius 2 is 1.71 bits per heavy atom. The van der Waals surface area contributed by atoms with Gasteiger partial charge in [0.15, 0.2) is 0 Å². The Kier molecular flexibility index (Phi) is 4.92. The first-order valence-corrected chi connectivity index (χ1v) is 9.87. The third-order valence-electron chi connectivity index (χ3n) is 5.08. The quantitative estimate of drug-likeness (QED) is 0.482. The number of aromatic nitrogens is 2. The van der Waals surface area contributed by atoms with Gasteiger partial charge in [-0.3, -0.25) is 4.79 Å². The molecule has 0 bridgehead atoms. The first-order chi connectivity index (χ1) is 15.2. The zero-order chi connectivity index (χ0) is 21.2. The predicted molar refractivity (Wildman–Crippen MR) is 112 cm³/mol. The van der Waals surface area contributed by atoms with Gasteiger partial charge in [0.05, 0.1) is 18.7 Å². The molecule has 0 radical (unpaired) electrons. The molecule has 3 aromatic carbocycles. The molecule has 154 valence electrons. The lowest BCUT2D eigenvalue weighted by Gasteiger charge is -2.39. The minimum Gasteiger partial charge on any atom is -0.487 e. The Morgan fingerprint density at radius 1 is 0.968 bits per heavy atom. The van der Waals surface area contributed by atoms with Crippen LogP contribution in [0.25, 0.3) is 22.8 Å². The molecule has 6 nitrogen and oxygen atoms in total. The van der Waals surface area contributed by atoms with Crippen molar-refractivity contribution >= 4 is 5.91 Å². The molecule has 1 saturated heterocycles. The fourth-order valence-electron chi connectivity index (χ4n) is 3.42. The minimum absolute atomic E-state index is 0.0774. The lowest BCUT2D eigenvalue weighted by Crippen LogP contribution is -2.56. The molecule has 0 saturated carbocycles. The van der Waals surface area contributed by atoms with E-state index < -0.39 is 5.82 Å². The number of likely N-dealkylation sites (tertiary alicyclic amines) is 1. The Labute approximate surface area is 177 Å². The van der Waals surface area contributed by atoms with Crippen molar-refractivity contribution in [2.24, 2.45) is 0 Å². The summed E-state index contributed by atoms with van der Waals surface area (Å²) in [7, 11) is 0. The van der Waals surface area contributed by atoms with E-state index in [0.717, 1.165) is 11.1 Å². The molecule has 4 aromatic rings. The number of benzene rings is 3. The van der Waals surface area contributed by atoms with E-state index in [1.165, 1.54) is 12.1 Å². The van der Waals surface area contributed by atoms with Crippen LogP contribution >= 0.6 is 0 Å². The second-order valence-electron chi connectivity index (χ2n) is 7.25. The number of halogens is 1. The normalized spacial score (nSPS) is 13.6. The summed E-state index contributed by atoms with van der Waals surface area (Å²) >= 11 is 0. The molecule has 0 atom stereocenters. The molecular weight excluding hydrogens is 397 g/mol. The molecule has 0 aliphatic carbocycles. The molecule has 1 aliphatic rings. The Balaban J connectivity index is 1.24. The molecule has 0 N–H and O–H groups in total. The number of amides is 1. The molecular formula is C24H18FN3O3. The Morgan fingerprint density at radius 3 is 2.52 bits per heavy atom. The fraction of sp³-hybridized carbons (Fsp3) is 0.125. The third-order valence-corrected chi connectivity index (χ3v) is 5.08. The lowest BCUT2D eigenvalue weighted by atomic mass is 10.1. The summed E-state index contributed by atoms with van der Waals surface area (Å²) in [4.78, 5) is 18.4. The number of rotatable bonds is 5. The summed E-state index contributed by atoms with van der Waals surface area (Å²) in [5.74, 6) is 0.711. The van der Waals surface area contributed by atoms with Gasteiger partial charge in [-0.15, -0.1) is 0 Å². The van der Waals surface area contributed by atoms with Crippen molar-refractivity contribution in [2.75, 3.05) is 13.1 Å². The van der Waals surface area contributed by atoms with E-state index in [4.69, 9.17) is 9.26 Å². The van der Waals surface area contributed by atoms with E-state index in [1.807, 2.05) is 54.6 Å².